The van der Waals surface area contributed by atoms with Crippen LogP contribution in [0.5, 0.6) is 0 Å². The lowest BCUT2D eigenvalue weighted by atomic mass is 9.32. The highest BCUT2D eigenvalue weighted by molar-refractivity contribution is 7.98. The van der Waals surface area contributed by atoms with Crippen LogP contribution in [0.25, 0.3) is 11.1 Å². The Morgan fingerprint density at radius 2 is 1.26 bits per heavy atom. The van der Waals surface area contributed by atoms with Gasteiger partial charge < -0.3 is 14.4 Å². The van der Waals surface area contributed by atoms with E-state index in [1.807, 2.05) is 0 Å². The van der Waals surface area contributed by atoms with Crippen LogP contribution in [0, 0.1) is 5.82 Å². The number of fused-ring (bicyclic) bond motifs is 1. The molecule has 0 spiro atoms. The first kappa shape index (κ1) is 44.8. The summed E-state index contributed by atoms with van der Waals surface area (Å²) >= 11 is 1.12. The van der Waals surface area contributed by atoms with E-state index in [9.17, 15) is 27.2 Å². The van der Waals surface area contributed by atoms with Crippen molar-refractivity contribution >= 4 is 96.1 Å². The molecule has 21 heteroatoms. The van der Waals surface area contributed by atoms with Crippen molar-refractivity contribution in [2.75, 3.05) is 0 Å². The highest BCUT2D eigenvalue weighted by Gasteiger charge is 2.53. The fourth-order valence-corrected chi connectivity index (χ4v) is 8.06. The van der Waals surface area contributed by atoms with Crippen LogP contribution in [-0.2, 0) is 41.4 Å². The molecule has 1 aromatic heterocycles. The Labute approximate surface area is 348 Å². The molecule has 0 bridgehead atoms. The van der Waals surface area contributed by atoms with Gasteiger partial charge in [0.15, 0.2) is 5.16 Å². The van der Waals surface area contributed by atoms with Crippen LogP contribution in [0.2, 0.25) is 0 Å². The Bertz CT molecular complexity index is 2150. The maximum Gasteiger partial charge on any atom is 0.416 e. The van der Waals surface area contributed by atoms with Crippen LogP contribution < -0.4 is 5.56 Å². The molecular weight excluding hydrogens is 737 g/mol. The smallest absolute Gasteiger partial charge is 0.360 e. The number of rotatable bonds is 13. The van der Waals surface area contributed by atoms with Gasteiger partial charge in [-0.15, -0.1) is 0 Å². The van der Waals surface area contributed by atoms with Gasteiger partial charge in [0.05, 0.1) is 84.0 Å². The van der Waals surface area contributed by atoms with Crippen LogP contribution in [0.3, 0.4) is 0 Å². The third kappa shape index (κ3) is 9.29. The summed E-state index contributed by atoms with van der Waals surface area (Å²) in [4.78, 5) is 33.8. The monoisotopic (exact) mass is 766 g/mol. The van der Waals surface area contributed by atoms with Crippen molar-refractivity contribution in [2.45, 2.75) is 83.4 Å². The molecule has 0 fully saturated rings. The number of thioether (sulfide) groups is 1. The minimum atomic E-state index is -4.53. The molecule has 0 saturated carbocycles. The average molecular weight is 765 g/mol. The van der Waals surface area contributed by atoms with Crippen LogP contribution in [0.1, 0.15) is 48.2 Å². The quantitative estimate of drug-likeness (QED) is 0.0906. The SMILES string of the molecule is [B]C([B])(C)N(C([B])([B])C)C([B])([B])C([B])([B])N(C(=O)Cn1c(SCc2ccc(F)cc2)nc(=O)c2c1CCC2)C([B])([B])c1ccc(-c2ccc(C(F)(F)F)cc2)cc1. The number of benzene rings is 3. The number of amides is 1. The van der Waals surface area contributed by atoms with E-state index in [1.54, 1.807) is 12.1 Å². The molecule has 268 valence electrons. The van der Waals surface area contributed by atoms with Crippen LogP contribution in [0.4, 0.5) is 17.6 Å². The molecule has 1 aliphatic carbocycles. The van der Waals surface area contributed by atoms with Gasteiger partial charge in [0.25, 0.3) is 5.56 Å². The second-order valence-electron chi connectivity index (χ2n) is 14.6. The summed E-state index contributed by atoms with van der Waals surface area (Å²) < 4.78 is 54.8. The van der Waals surface area contributed by atoms with E-state index < -0.39 is 62.3 Å². The van der Waals surface area contributed by atoms with Gasteiger partial charge in [0.1, 0.15) is 12.4 Å². The van der Waals surface area contributed by atoms with Crippen molar-refractivity contribution in [1.82, 2.24) is 19.4 Å². The first-order chi connectivity index (χ1) is 26.2. The zero-order valence-corrected chi connectivity index (χ0v) is 32.1. The number of hydrogen-bond donors (Lipinski definition) is 0. The Kier molecular flexibility index (Phi) is 12.6. The van der Waals surface area contributed by atoms with Gasteiger partial charge in [-0.05, 0) is 81.8 Å². The lowest BCUT2D eigenvalue weighted by molar-refractivity contribution is -0.138. The molecule has 0 aliphatic heterocycles. The van der Waals surface area contributed by atoms with Gasteiger partial charge in [-0.1, -0.05) is 84.8 Å². The molecule has 1 heterocycles. The van der Waals surface area contributed by atoms with E-state index in [0.717, 1.165) is 28.8 Å². The van der Waals surface area contributed by atoms with Gasteiger partial charge in [-0.2, -0.15) is 18.2 Å². The van der Waals surface area contributed by atoms with Crippen molar-refractivity contribution in [3.05, 3.63) is 117 Å². The Morgan fingerprint density at radius 3 is 1.75 bits per heavy atom. The minimum absolute atomic E-state index is 0.00909. The van der Waals surface area contributed by atoms with Crippen LogP contribution in [-0.4, -0.2) is 125 Å². The second-order valence-corrected chi connectivity index (χ2v) is 15.6. The first-order valence-corrected chi connectivity index (χ1v) is 18.5. The average Bonchev–Trinajstić information content (AvgIpc) is 3.58. The summed E-state index contributed by atoms with van der Waals surface area (Å²) in [6, 6.07) is 16.0. The topological polar surface area (TPSA) is 58.4 Å². The molecule has 1 aliphatic rings. The van der Waals surface area contributed by atoms with E-state index in [4.69, 9.17) is 78.5 Å². The highest BCUT2D eigenvalue weighted by Crippen LogP contribution is 2.39. The van der Waals surface area contributed by atoms with Crippen molar-refractivity contribution in [2.24, 2.45) is 0 Å². The molecule has 0 unspecified atom stereocenters. The largest absolute Gasteiger partial charge is 0.416 e. The predicted octanol–water partition coefficient (Wildman–Crippen LogP) is 2.13. The third-order valence-corrected chi connectivity index (χ3v) is 10.7. The number of carbonyl (C=O) groups is 1. The van der Waals surface area contributed by atoms with Crippen molar-refractivity contribution in [1.29, 1.82) is 0 Å². The molecule has 57 heavy (non-hydrogen) atoms. The molecule has 20 radical (unpaired) electrons. The number of carbonyl (C=O) groups excluding carboxylic acids is 1. The van der Waals surface area contributed by atoms with Gasteiger partial charge in [0.2, 0.25) is 5.91 Å². The zero-order chi connectivity index (χ0) is 42.5. The Balaban J connectivity index is 1.63. The minimum Gasteiger partial charge on any atom is -0.360 e. The molecular formula is C36H28B10F4N4O2S. The lowest BCUT2D eigenvalue weighted by Gasteiger charge is -2.68. The van der Waals surface area contributed by atoms with Gasteiger partial charge >= 0.3 is 6.18 Å². The van der Waals surface area contributed by atoms with Gasteiger partial charge in [-0.3, -0.25) is 9.59 Å². The van der Waals surface area contributed by atoms with Gasteiger partial charge in [-0.25, -0.2) is 4.39 Å². The van der Waals surface area contributed by atoms with Crippen molar-refractivity contribution < 1.29 is 22.4 Å². The highest BCUT2D eigenvalue weighted by atomic mass is 32.2. The molecule has 3 aromatic carbocycles. The van der Waals surface area contributed by atoms with E-state index in [1.165, 1.54) is 66.9 Å². The second kappa shape index (κ2) is 16.0. The first-order valence-electron chi connectivity index (χ1n) is 17.5. The summed E-state index contributed by atoms with van der Waals surface area (Å²) in [7, 11) is 65.6. The molecule has 0 N–H and O–H groups in total. The molecule has 1 amide bonds. The number of halogens is 4. The fourth-order valence-electron chi connectivity index (χ4n) is 7.10. The number of alkyl halides is 3. The van der Waals surface area contributed by atoms with Crippen LogP contribution in [0.15, 0.2) is 82.7 Å². The summed E-state index contributed by atoms with van der Waals surface area (Å²) in [5.74, 6) is -1.17. The maximum absolute atomic E-state index is 15.0. The number of nitrogens with zero attached hydrogens (tertiary/aromatic N) is 4. The fraction of sp³-hybridized carbons (Fsp3) is 0.361. The van der Waals surface area contributed by atoms with E-state index in [-0.39, 0.29) is 16.5 Å². The van der Waals surface area contributed by atoms with Crippen molar-refractivity contribution in [3.8, 4) is 11.1 Å². The summed E-state index contributed by atoms with van der Waals surface area (Å²) in [6.07, 6.45) is -3.12. The number of hydrogen-bond acceptors (Lipinski definition) is 5. The standard InChI is InChI=1S/C36H28B10F4N4O2S/c1-31(37,38)54(32(2,39)40)36(45,46)35(43,44)53(33(41,42)23-12-8-21(9-13-23)22-10-14-24(15-11-22)34(48,49)50)28(55)18-52-27-5-3-4-26(27)29(56)51-30(52)57-19-20-6-16-25(47)17-7-20/h6-17H,3-5,18-19H2,1-2H3. The predicted molar refractivity (Wildman–Crippen MR) is 224 cm³/mol. The molecule has 4 aromatic rings. The van der Waals surface area contributed by atoms with E-state index in [2.05, 4.69) is 4.98 Å². The Hall–Kier alpha value is -3.31. The van der Waals surface area contributed by atoms with E-state index in [0.29, 0.717) is 52.1 Å². The normalized spacial score (nSPS) is 14.1. The lowest BCUT2D eigenvalue weighted by Crippen LogP contribution is -2.83. The molecule has 0 saturated heterocycles. The van der Waals surface area contributed by atoms with Crippen LogP contribution >= 0.6 is 11.8 Å². The van der Waals surface area contributed by atoms with E-state index >= 15 is 0 Å². The summed E-state index contributed by atoms with van der Waals surface area (Å²) in [5.41, 5.74) is 1.23. The molecule has 5 rings (SSSR count). The summed E-state index contributed by atoms with van der Waals surface area (Å²) in [5, 5.41) is -12.0. The molecule has 0 atom stereocenters. The van der Waals surface area contributed by atoms with Gasteiger partial charge in [0, 0.05) is 17.0 Å². The third-order valence-electron chi connectivity index (χ3n) is 9.63. The zero-order valence-electron chi connectivity index (χ0n) is 31.3. The summed E-state index contributed by atoms with van der Waals surface area (Å²) in [6.45, 7) is 1.89. The maximum atomic E-state index is 15.0. The Morgan fingerprint density at radius 1 is 0.754 bits per heavy atom. The number of aromatic nitrogens is 2. The van der Waals surface area contributed by atoms with Crippen molar-refractivity contribution in [3.63, 3.8) is 0 Å². The molecule has 6 nitrogen and oxygen atoms in total.